The summed E-state index contributed by atoms with van der Waals surface area (Å²) >= 11 is 0. The first kappa shape index (κ1) is 19.4. The van der Waals surface area contributed by atoms with Crippen LogP contribution in [0.4, 0.5) is 11.8 Å². The van der Waals surface area contributed by atoms with Crippen LogP contribution in [0.25, 0.3) is 22.3 Å². The highest BCUT2D eigenvalue weighted by molar-refractivity contribution is 6.00. The quantitative estimate of drug-likeness (QED) is 0.529. The van der Waals surface area contributed by atoms with Crippen LogP contribution in [0.2, 0.25) is 0 Å². The number of aromatic nitrogens is 4. The SMILES string of the molecule is COc1ccccc1-c1nc(N2CCCCC2)nc2nn(Cc3ccccc3)c(N)c12. The summed E-state index contributed by atoms with van der Waals surface area (Å²) in [5, 5.41) is 5.54. The van der Waals surface area contributed by atoms with E-state index in [1.807, 2.05) is 47.1 Å². The van der Waals surface area contributed by atoms with Crippen LogP contribution >= 0.6 is 0 Å². The Morgan fingerprint density at radius 3 is 2.45 bits per heavy atom. The molecule has 2 aromatic heterocycles. The van der Waals surface area contributed by atoms with Crippen molar-refractivity contribution in [2.75, 3.05) is 30.8 Å². The molecular formula is C24H26N6O. The Labute approximate surface area is 181 Å². The van der Waals surface area contributed by atoms with E-state index in [0.29, 0.717) is 24.0 Å². The van der Waals surface area contributed by atoms with Gasteiger partial charge >= 0.3 is 0 Å². The molecule has 2 N–H and O–H groups in total. The minimum Gasteiger partial charge on any atom is -0.496 e. The molecule has 1 aliphatic heterocycles. The maximum Gasteiger partial charge on any atom is 0.228 e. The number of anilines is 2. The molecule has 1 aliphatic rings. The first-order valence-corrected chi connectivity index (χ1v) is 10.7. The van der Waals surface area contributed by atoms with Crippen LogP contribution < -0.4 is 15.4 Å². The number of para-hydroxylation sites is 1. The maximum atomic E-state index is 6.61. The van der Waals surface area contributed by atoms with Crippen molar-refractivity contribution in [3.05, 3.63) is 60.2 Å². The van der Waals surface area contributed by atoms with Gasteiger partial charge in [-0.2, -0.15) is 4.98 Å². The van der Waals surface area contributed by atoms with Gasteiger partial charge in [-0.05, 0) is 37.0 Å². The van der Waals surface area contributed by atoms with Crippen LogP contribution in [-0.4, -0.2) is 39.9 Å². The largest absolute Gasteiger partial charge is 0.496 e. The monoisotopic (exact) mass is 414 g/mol. The van der Waals surface area contributed by atoms with E-state index in [0.717, 1.165) is 53.9 Å². The van der Waals surface area contributed by atoms with Gasteiger partial charge in [0.2, 0.25) is 5.95 Å². The molecule has 31 heavy (non-hydrogen) atoms. The van der Waals surface area contributed by atoms with Gasteiger partial charge in [0.25, 0.3) is 0 Å². The molecule has 7 heteroatoms. The van der Waals surface area contributed by atoms with Gasteiger partial charge in [-0.15, -0.1) is 5.10 Å². The first-order chi connectivity index (χ1) is 15.2. The average Bonchev–Trinajstić information content (AvgIpc) is 3.14. The summed E-state index contributed by atoms with van der Waals surface area (Å²) in [5.41, 5.74) is 10.0. The van der Waals surface area contributed by atoms with Gasteiger partial charge in [-0.25, -0.2) is 9.67 Å². The number of hydrogen-bond donors (Lipinski definition) is 1. The molecule has 0 atom stereocenters. The number of hydrogen-bond acceptors (Lipinski definition) is 6. The molecule has 158 valence electrons. The number of nitrogens with two attached hydrogens (primary N) is 1. The van der Waals surface area contributed by atoms with E-state index in [-0.39, 0.29) is 0 Å². The molecule has 0 saturated carbocycles. The molecule has 7 nitrogen and oxygen atoms in total. The highest BCUT2D eigenvalue weighted by Crippen LogP contribution is 2.37. The molecule has 1 fully saturated rings. The van der Waals surface area contributed by atoms with Crippen molar-refractivity contribution in [1.82, 2.24) is 19.7 Å². The molecule has 0 amide bonds. The Balaban J connectivity index is 1.70. The lowest BCUT2D eigenvalue weighted by atomic mass is 10.1. The lowest BCUT2D eigenvalue weighted by Crippen LogP contribution is -2.31. The highest BCUT2D eigenvalue weighted by atomic mass is 16.5. The predicted octanol–water partition coefficient (Wildman–Crippen LogP) is 4.12. The van der Waals surface area contributed by atoms with Gasteiger partial charge in [0, 0.05) is 18.7 Å². The number of ether oxygens (including phenoxy) is 1. The third-order valence-electron chi connectivity index (χ3n) is 5.80. The standard InChI is InChI=1S/C24H26N6O/c1-31-19-13-7-6-12-18(19)21-20-22(25)30(16-17-10-4-2-5-11-17)28-23(20)27-24(26-21)29-14-8-3-9-15-29/h2,4-7,10-13H,3,8-9,14-16,25H2,1H3. The highest BCUT2D eigenvalue weighted by Gasteiger charge is 2.23. The molecule has 4 aromatic rings. The third kappa shape index (κ3) is 3.67. The maximum absolute atomic E-state index is 6.61. The molecule has 1 saturated heterocycles. The number of rotatable bonds is 5. The molecule has 0 unspecified atom stereocenters. The second-order valence-electron chi connectivity index (χ2n) is 7.85. The van der Waals surface area contributed by atoms with Crippen LogP contribution in [0.5, 0.6) is 5.75 Å². The lowest BCUT2D eigenvalue weighted by Gasteiger charge is -2.27. The molecule has 0 bridgehead atoms. The zero-order chi connectivity index (χ0) is 21.2. The Bertz CT molecular complexity index is 1200. The summed E-state index contributed by atoms with van der Waals surface area (Å²) in [6.07, 6.45) is 3.54. The average molecular weight is 415 g/mol. The van der Waals surface area contributed by atoms with Crippen LogP contribution in [-0.2, 0) is 6.54 Å². The second kappa shape index (κ2) is 8.26. The molecule has 0 aliphatic carbocycles. The fourth-order valence-electron chi connectivity index (χ4n) is 4.19. The van der Waals surface area contributed by atoms with Crippen LogP contribution in [0, 0.1) is 0 Å². The smallest absolute Gasteiger partial charge is 0.228 e. The number of fused-ring (bicyclic) bond motifs is 1. The zero-order valence-electron chi connectivity index (χ0n) is 17.7. The summed E-state index contributed by atoms with van der Waals surface area (Å²) in [6.45, 7) is 2.49. The fraction of sp³-hybridized carbons (Fsp3) is 0.292. The van der Waals surface area contributed by atoms with E-state index in [1.165, 1.54) is 6.42 Å². The third-order valence-corrected chi connectivity index (χ3v) is 5.80. The lowest BCUT2D eigenvalue weighted by molar-refractivity contribution is 0.416. The molecular weight excluding hydrogens is 388 g/mol. The number of nitrogen functional groups attached to an aromatic ring is 1. The van der Waals surface area contributed by atoms with Gasteiger partial charge in [0.1, 0.15) is 11.6 Å². The molecule has 2 aromatic carbocycles. The minimum atomic E-state index is 0.560. The number of benzene rings is 2. The van der Waals surface area contributed by atoms with Crippen LogP contribution in [0.3, 0.4) is 0 Å². The number of methoxy groups -OCH3 is 1. The summed E-state index contributed by atoms with van der Waals surface area (Å²) in [4.78, 5) is 12.1. The van der Waals surface area contributed by atoms with Crippen molar-refractivity contribution in [2.45, 2.75) is 25.8 Å². The van der Waals surface area contributed by atoms with Gasteiger partial charge in [0.05, 0.1) is 24.7 Å². The first-order valence-electron chi connectivity index (χ1n) is 10.7. The summed E-state index contributed by atoms with van der Waals surface area (Å²) < 4.78 is 7.45. The summed E-state index contributed by atoms with van der Waals surface area (Å²) in [5.74, 6) is 2.02. The molecule has 5 rings (SSSR count). The van der Waals surface area contributed by atoms with Crippen LogP contribution in [0.1, 0.15) is 24.8 Å². The van der Waals surface area contributed by atoms with E-state index in [1.54, 1.807) is 7.11 Å². The van der Waals surface area contributed by atoms with Crippen LogP contribution in [0.15, 0.2) is 54.6 Å². The predicted molar refractivity (Wildman–Crippen MR) is 123 cm³/mol. The number of piperidine rings is 1. The van der Waals surface area contributed by atoms with Gasteiger partial charge in [-0.1, -0.05) is 42.5 Å². The van der Waals surface area contributed by atoms with Crippen molar-refractivity contribution < 1.29 is 4.74 Å². The van der Waals surface area contributed by atoms with Crippen molar-refractivity contribution in [3.63, 3.8) is 0 Å². The molecule has 0 spiro atoms. The minimum absolute atomic E-state index is 0.560. The fourth-order valence-corrected chi connectivity index (χ4v) is 4.19. The van der Waals surface area contributed by atoms with E-state index in [2.05, 4.69) is 17.0 Å². The summed E-state index contributed by atoms with van der Waals surface area (Å²) in [6, 6.07) is 18.1. The Hall–Kier alpha value is -3.61. The van der Waals surface area contributed by atoms with Gasteiger partial charge in [-0.3, -0.25) is 0 Å². The normalized spacial score (nSPS) is 14.2. The Morgan fingerprint density at radius 2 is 1.68 bits per heavy atom. The molecule has 3 heterocycles. The Morgan fingerprint density at radius 1 is 0.935 bits per heavy atom. The summed E-state index contributed by atoms with van der Waals surface area (Å²) in [7, 11) is 1.67. The number of nitrogens with zero attached hydrogens (tertiary/aromatic N) is 5. The second-order valence-corrected chi connectivity index (χ2v) is 7.85. The van der Waals surface area contributed by atoms with Crippen molar-refractivity contribution in [1.29, 1.82) is 0 Å². The van der Waals surface area contributed by atoms with E-state index >= 15 is 0 Å². The van der Waals surface area contributed by atoms with E-state index < -0.39 is 0 Å². The zero-order valence-corrected chi connectivity index (χ0v) is 17.7. The topological polar surface area (TPSA) is 82.1 Å². The molecule has 0 radical (unpaired) electrons. The van der Waals surface area contributed by atoms with E-state index in [4.69, 9.17) is 25.5 Å². The van der Waals surface area contributed by atoms with Gasteiger partial charge < -0.3 is 15.4 Å². The van der Waals surface area contributed by atoms with Crippen molar-refractivity contribution >= 4 is 22.8 Å². The van der Waals surface area contributed by atoms with Crippen molar-refractivity contribution in [2.24, 2.45) is 0 Å². The van der Waals surface area contributed by atoms with Gasteiger partial charge in [0.15, 0.2) is 5.65 Å². The van der Waals surface area contributed by atoms with Crippen molar-refractivity contribution in [3.8, 4) is 17.0 Å². The van der Waals surface area contributed by atoms with E-state index in [9.17, 15) is 0 Å². The Kier molecular flexibility index (Phi) is 5.16.